The van der Waals surface area contributed by atoms with Gasteiger partial charge in [0.15, 0.2) is 11.5 Å². The van der Waals surface area contributed by atoms with Crippen LogP contribution in [0, 0.1) is 12.8 Å². The predicted octanol–water partition coefficient (Wildman–Crippen LogP) is 5.05. The second-order valence-electron chi connectivity index (χ2n) is 10.2. The number of para-hydroxylation sites is 1. The van der Waals surface area contributed by atoms with Crippen molar-refractivity contribution in [2.45, 2.75) is 38.5 Å². The van der Waals surface area contributed by atoms with E-state index in [4.69, 9.17) is 14.5 Å². The summed E-state index contributed by atoms with van der Waals surface area (Å²) >= 11 is 1.66. The quantitative estimate of drug-likeness (QED) is 0.430. The molecular weight excluding hydrogens is 486 g/mol. The Morgan fingerprint density at radius 2 is 1.89 bits per heavy atom. The zero-order valence-electron chi connectivity index (χ0n) is 21.0. The minimum Gasteiger partial charge on any atom is -0.486 e. The normalized spacial score (nSPS) is 16.4. The third kappa shape index (κ3) is 5.34. The molecule has 3 aliphatic rings. The van der Waals surface area contributed by atoms with E-state index in [0.29, 0.717) is 67.4 Å². The van der Waals surface area contributed by atoms with Gasteiger partial charge >= 0.3 is 0 Å². The standard InChI is InChI=1S/C29H31N3O4S/c1-18-4-2-5-21(16-18)26-24(31-28(37-26)20-10-11-20)29(34)32(17-19-8-9-19)13-12-30-27(33)22-6-3-7-23-25(22)36-15-14-35-23/h2-7,16,19-20H,8-15,17H2,1H3,(H,30,33). The van der Waals surface area contributed by atoms with E-state index in [2.05, 4.69) is 30.4 Å². The molecule has 1 aliphatic heterocycles. The van der Waals surface area contributed by atoms with Crippen molar-refractivity contribution in [3.8, 4) is 21.9 Å². The number of benzene rings is 2. The van der Waals surface area contributed by atoms with Crippen molar-refractivity contribution in [3.63, 3.8) is 0 Å². The summed E-state index contributed by atoms with van der Waals surface area (Å²) < 4.78 is 11.3. The maximum absolute atomic E-state index is 13.9. The number of ether oxygens (including phenoxy) is 2. The van der Waals surface area contributed by atoms with E-state index >= 15 is 0 Å². The minimum atomic E-state index is -0.230. The summed E-state index contributed by atoms with van der Waals surface area (Å²) in [5.74, 6) is 1.80. The summed E-state index contributed by atoms with van der Waals surface area (Å²) in [7, 11) is 0. The van der Waals surface area contributed by atoms with E-state index in [1.165, 1.54) is 0 Å². The largest absolute Gasteiger partial charge is 0.486 e. The van der Waals surface area contributed by atoms with E-state index < -0.39 is 0 Å². The summed E-state index contributed by atoms with van der Waals surface area (Å²) in [6.45, 7) is 4.42. The lowest BCUT2D eigenvalue weighted by Gasteiger charge is -2.23. The number of hydrogen-bond acceptors (Lipinski definition) is 6. The SMILES string of the molecule is Cc1cccc(-c2sc(C3CC3)nc2C(=O)N(CCNC(=O)c2cccc3c2OCCO3)CC2CC2)c1. The second kappa shape index (κ2) is 10.2. The van der Waals surface area contributed by atoms with Gasteiger partial charge in [-0.1, -0.05) is 35.9 Å². The molecule has 8 heteroatoms. The van der Waals surface area contributed by atoms with Crippen molar-refractivity contribution in [1.82, 2.24) is 15.2 Å². The fraction of sp³-hybridized carbons (Fsp3) is 0.414. The highest BCUT2D eigenvalue weighted by Crippen LogP contribution is 2.45. The molecule has 0 spiro atoms. The zero-order chi connectivity index (χ0) is 25.4. The molecule has 1 N–H and O–H groups in total. The van der Waals surface area contributed by atoms with Crippen LogP contribution in [0.4, 0.5) is 0 Å². The zero-order valence-corrected chi connectivity index (χ0v) is 21.8. The molecule has 1 aromatic heterocycles. The van der Waals surface area contributed by atoms with Crippen molar-refractivity contribution in [3.05, 3.63) is 64.3 Å². The molecule has 37 heavy (non-hydrogen) atoms. The highest BCUT2D eigenvalue weighted by atomic mass is 32.1. The number of nitrogens with one attached hydrogen (secondary N) is 1. The van der Waals surface area contributed by atoms with Gasteiger partial charge in [-0.25, -0.2) is 4.98 Å². The number of rotatable bonds is 9. The van der Waals surface area contributed by atoms with Crippen LogP contribution in [-0.2, 0) is 0 Å². The third-order valence-corrected chi connectivity index (χ3v) is 8.26. The highest BCUT2D eigenvalue weighted by molar-refractivity contribution is 7.15. The van der Waals surface area contributed by atoms with Gasteiger partial charge in [-0.3, -0.25) is 9.59 Å². The van der Waals surface area contributed by atoms with Gasteiger partial charge in [0.05, 0.1) is 15.4 Å². The average molecular weight is 518 g/mol. The number of thiazole rings is 1. The first-order valence-electron chi connectivity index (χ1n) is 13.1. The second-order valence-corrected chi connectivity index (χ2v) is 11.2. The Morgan fingerprint density at radius 3 is 2.68 bits per heavy atom. The van der Waals surface area contributed by atoms with Crippen molar-refractivity contribution >= 4 is 23.2 Å². The molecule has 2 amide bonds. The molecule has 2 aromatic carbocycles. The Morgan fingerprint density at radius 1 is 1.08 bits per heavy atom. The van der Waals surface area contributed by atoms with Crippen molar-refractivity contribution < 1.29 is 19.1 Å². The van der Waals surface area contributed by atoms with Gasteiger partial charge in [-0.15, -0.1) is 11.3 Å². The Hall–Kier alpha value is -3.39. The number of carbonyl (C=O) groups excluding carboxylic acids is 2. The van der Waals surface area contributed by atoms with Crippen LogP contribution in [0.3, 0.4) is 0 Å². The Balaban J connectivity index is 1.20. The van der Waals surface area contributed by atoms with Crippen molar-refractivity contribution in [1.29, 1.82) is 0 Å². The molecule has 3 aromatic rings. The van der Waals surface area contributed by atoms with E-state index in [0.717, 1.165) is 46.7 Å². The van der Waals surface area contributed by atoms with Gasteiger partial charge in [0.25, 0.3) is 11.8 Å². The first-order valence-corrected chi connectivity index (χ1v) is 13.9. The van der Waals surface area contributed by atoms with Crippen LogP contribution in [-0.4, -0.2) is 54.5 Å². The van der Waals surface area contributed by atoms with E-state index in [1.807, 2.05) is 11.0 Å². The summed E-state index contributed by atoms with van der Waals surface area (Å²) in [5.41, 5.74) is 3.20. The summed E-state index contributed by atoms with van der Waals surface area (Å²) in [5, 5.41) is 4.05. The Bertz CT molecular complexity index is 1330. The van der Waals surface area contributed by atoms with E-state index in [-0.39, 0.29) is 11.8 Å². The Kier molecular flexibility index (Phi) is 6.59. The Labute approximate surface area is 220 Å². The summed E-state index contributed by atoms with van der Waals surface area (Å²) in [6, 6.07) is 13.6. The van der Waals surface area contributed by atoms with Gasteiger partial charge in [0.2, 0.25) is 0 Å². The van der Waals surface area contributed by atoms with Crippen LogP contribution in [0.2, 0.25) is 0 Å². The molecular formula is C29H31N3O4S. The summed E-state index contributed by atoms with van der Waals surface area (Å²) in [4.78, 5) is 34.6. The number of nitrogens with zero attached hydrogens (tertiary/aromatic N) is 2. The monoisotopic (exact) mass is 517 g/mol. The van der Waals surface area contributed by atoms with Gasteiger partial charge in [-0.2, -0.15) is 0 Å². The van der Waals surface area contributed by atoms with Gasteiger partial charge in [0, 0.05) is 25.6 Å². The average Bonchev–Trinajstić information content (AvgIpc) is 3.86. The number of amides is 2. The molecule has 2 fully saturated rings. The lowest BCUT2D eigenvalue weighted by molar-refractivity contribution is 0.0736. The highest BCUT2D eigenvalue weighted by Gasteiger charge is 2.33. The van der Waals surface area contributed by atoms with E-state index in [1.54, 1.807) is 29.5 Å². The number of aryl methyl sites for hydroxylation is 1. The molecule has 0 unspecified atom stereocenters. The van der Waals surface area contributed by atoms with Crippen molar-refractivity contribution in [2.75, 3.05) is 32.8 Å². The first kappa shape index (κ1) is 24.0. The fourth-order valence-electron chi connectivity index (χ4n) is 4.66. The van der Waals surface area contributed by atoms with Crippen LogP contribution in [0.15, 0.2) is 42.5 Å². The lowest BCUT2D eigenvalue weighted by Crippen LogP contribution is -2.40. The molecule has 7 nitrogen and oxygen atoms in total. The molecule has 2 saturated carbocycles. The molecule has 2 aliphatic carbocycles. The maximum atomic E-state index is 13.9. The third-order valence-electron chi connectivity index (χ3n) is 6.99. The smallest absolute Gasteiger partial charge is 0.274 e. The van der Waals surface area contributed by atoms with Crippen LogP contribution in [0.1, 0.15) is 63.0 Å². The molecule has 0 saturated heterocycles. The minimum absolute atomic E-state index is 0.0466. The maximum Gasteiger partial charge on any atom is 0.274 e. The predicted molar refractivity (Wildman–Crippen MR) is 143 cm³/mol. The summed E-state index contributed by atoms with van der Waals surface area (Å²) in [6.07, 6.45) is 4.56. The lowest BCUT2D eigenvalue weighted by atomic mass is 10.1. The molecule has 0 bridgehead atoms. The first-order chi connectivity index (χ1) is 18.1. The number of hydrogen-bond donors (Lipinski definition) is 1. The molecule has 0 radical (unpaired) electrons. The van der Waals surface area contributed by atoms with Crippen LogP contribution >= 0.6 is 11.3 Å². The fourth-order valence-corrected chi connectivity index (χ4v) is 5.88. The van der Waals surface area contributed by atoms with Crippen LogP contribution in [0.25, 0.3) is 10.4 Å². The molecule has 0 atom stereocenters. The molecule has 6 rings (SSSR count). The van der Waals surface area contributed by atoms with Crippen LogP contribution in [0.5, 0.6) is 11.5 Å². The topological polar surface area (TPSA) is 80.8 Å². The van der Waals surface area contributed by atoms with E-state index in [9.17, 15) is 9.59 Å². The number of fused-ring (bicyclic) bond motifs is 1. The van der Waals surface area contributed by atoms with Crippen LogP contribution < -0.4 is 14.8 Å². The molecule has 2 heterocycles. The van der Waals surface area contributed by atoms with Gasteiger partial charge in [0.1, 0.15) is 18.9 Å². The van der Waals surface area contributed by atoms with Gasteiger partial charge < -0.3 is 19.7 Å². The van der Waals surface area contributed by atoms with Gasteiger partial charge in [-0.05, 0) is 56.2 Å². The number of aromatic nitrogens is 1. The number of carbonyl (C=O) groups is 2. The molecule has 192 valence electrons. The van der Waals surface area contributed by atoms with Crippen molar-refractivity contribution in [2.24, 2.45) is 5.92 Å².